The lowest BCUT2D eigenvalue weighted by molar-refractivity contribution is -0.123. The summed E-state index contributed by atoms with van der Waals surface area (Å²) in [7, 11) is 1.34. The number of thioether (sulfide) groups is 1. The number of esters is 1. The second kappa shape index (κ2) is 8.69. The van der Waals surface area contributed by atoms with Crippen LogP contribution in [0.5, 0.6) is 0 Å². The number of ether oxygens (including phenoxy) is 1. The van der Waals surface area contributed by atoms with Gasteiger partial charge in [0, 0.05) is 23.7 Å². The summed E-state index contributed by atoms with van der Waals surface area (Å²) in [5.74, 6) is 0.549. The molecule has 2 aromatic rings. The molecule has 0 spiro atoms. The second-order valence-corrected chi connectivity index (χ2v) is 8.13. The second-order valence-electron chi connectivity index (χ2n) is 7.12. The lowest BCUT2D eigenvalue weighted by atomic mass is 10.1. The van der Waals surface area contributed by atoms with E-state index in [0.717, 1.165) is 0 Å². The molecule has 1 aliphatic heterocycles. The van der Waals surface area contributed by atoms with Crippen molar-refractivity contribution >= 4 is 34.9 Å². The number of benzene rings is 1. The molecular weight excluding hydrogens is 388 g/mol. The fraction of sp³-hybridized carbons (Fsp3) is 0.318. The van der Waals surface area contributed by atoms with Crippen LogP contribution in [0, 0.1) is 0 Å². The molecule has 6 nitrogen and oxygen atoms in total. The number of amidine groups is 1. The van der Waals surface area contributed by atoms with Crippen molar-refractivity contribution in [2.24, 2.45) is 4.99 Å². The number of carbonyl (C=O) groups is 2. The lowest BCUT2D eigenvalue weighted by Gasteiger charge is -2.20. The number of furan rings is 1. The lowest BCUT2D eigenvalue weighted by Crippen LogP contribution is -2.35. The summed E-state index contributed by atoms with van der Waals surface area (Å²) >= 11 is 1.35. The number of hydrogen-bond acceptors (Lipinski definition) is 6. The molecular formula is C22H24N2O4S. The van der Waals surface area contributed by atoms with E-state index >= 15 is 0 Å². The van der Waals surface area contributed by atoms with Gasteiger partial charge in [-0.15, -0.1) is 0 Å². The molecule has 0 atom stereocenters. The SMILES string of the molecule is COC(=O)c1ccccc1-c1ccc(/C=C2/SC(=NC(C)C)N(C(C)C)C2=O)o1. The number of rotatable bonds is 5. The van der Waals surface area contributed by atoms with Crippen molar-refractivity contribution in [3.05, 3.63) is 52.6 Å². The molecule has 0 unspecified atom stereocenters. The van der Waals surface area contributed by atoms with Gasteiger partial charge in [-0.1, -0.05) is 18.2 Å². The van der Waals surface area contributed by atoms with Gasteiger partial charge in [-0.25, -0.2) is 4.79 Å². The number of carbonyl (C=O) groups excluding carboxylic acids is 2. The van der Waals surface area contributed by atoms with Crippen LogP contribution >= 0.6 is 11.8 Å². The quantitative estimate of drug-likeness (QED) is 0.520. The Morgan fingerprint density at radius 1 is 1.17 bits per heavy atom. The van der Waals surface area contributed by atoms with Crippen LogP contribution in [-0.4, -0.2) is 41.1 Å². The Hall–Kier alpha value is -2.80. The molecule has 152 valence electrons. The topological polar surface area (TPSA) is 72.1 Å². The van der Waals surface area contributed by atoms with Gasteiger partial charge in [-0.3, -0.25) is 14.7 Å². The fourth-order valence-corrected chi connectivity index (χ4v) is 4.16. The van der Waals surface area contributed by atoms with Gasteiger partial charge in [-0.05, 0) is 57.7 Å². The summed E-state index contributed by atoms with van der Waals surface area (Å²) in [5, 5.41) is 0.703. The van der Waals surface area contributed by atoms with Gasteiger partial charge in [0.25, 0.3) is 5.91 Å². The molecule has 1 aromatic heterocycles. The van der Waals surface area contributed by atoms with E-state index in [-0.39, 0.29) is 18.0 Å². The number of nitrogens with zero attached hydrogens (tertiary/aromatic N) is 2. The zero-order valence-corrected chi connectivity index (χ0v) is 17.9. The van der Waals surface area contributed by atoms with Crippen molar-refractivity contribution in [2.75, 3.05) is 7.11 Å². The first-order valence-electron chi connectivity index (χ1n) is 9.40. The molecule has 2 heterocycles. The monoisotopic (exact) mass is 412 g/mol. The molecule has 1 aliphatic rings. The van der Waals surface area contributed by atoms with Gasteiger partial charge in [0.2, 0.25) is 0 Å². The highest BCUT2D eigenvalue weighted by Gasteiger charge is 2.35. The van der Waals surface area contributed by atoms with Crippen molar-refractivity contribution in [3.63, 3.8) is 0 Å². The predicted molar refractivity (Wildman–Crippen MR) is 116 cm³/mol. The highest BCUT2D eigenvalue weighted by atomic mass is 32.2. The van der Waals surface area contributed by atoms with Gasteiger partial charge < -0.3 is 9.15 Å². The average molecular weight is 413 g/mol. The van der Waals surface area contributed by atoms with Crippen molar-refractivity contribution in [1.29, 1.82) is 0 Å². The van der Waals surface area contributed by atoms with E-state index in [1.165, 1.54) is 18.9 Å². The van der Waals surface area contributed by atoms with Crippen LogP contribution in [0.25, 0.3) is 17.4 Å². The van der Waals surface area contributed by atoms with Gasteiger partial charge >= 0.3 is 5.97 Å². The highest BCUT2D eigenvalue weighted by Crippen LogP contribution is 2.35. The van der Waals surface area contributed by atoms with E-state index in [4.69, 9.17) is 9.15 Å². The Bertz CT molecular complexity index is 988. The number of methoxy groups -OCH3 is 1. The van der Waals surface area contributed by atoms with E-state index in [1.807, 2.05) is 33.8 Å². The third-order valence-electron chi connectivity index (χ3n) is 4.22. The zero-order chi connectivity index (χ0) is 21.1. The van der Waals surface area contributed by atoms with Crippen LogP contribution in [0.4, 0.5) is 0 Å². The Labute approximate surface area is 174 Å². The Morgan fingerprint density at radius 3 is 2.55 bits per heavy atom. The fourth-order valence-electron chi connectivity index (χ4n) is 2.94. The van der Waals surface area contributed by atoms with Gasteiger partial charge in [0.05, 0.1) is 17.6 Å². The molecule has 0 aliphatic carbocycles. The van der Waals surface area contributed by atoms with Crippen LogP contribution in [0.15, 0.2) is 50.7 Å². The summed E-state index contributed by atoms with van der Waals surface area (Å²) in [6, 6.07) is 10.7. The Kier molecular flexibility index (Phi) is 6.27. The number of aliphatic imine (C=N–C) groups is 1. The van der Waals surface area contributed by atoms with E-state index in [9.17, 15) is 9.59 Å². The Balaban J connectivity index is 1.93. The van der Waals surface area contributed by atoms with Crippen LogP contribution in [-0.2, 0) is 9.53 Å². The Morgan fingerprint density at radius 2 is 1.90 bits per heavy atom. The van der Waals surface area contributed by atoms with E-state index in [2.05, 4.69) is 4.99 Å². The normalized spacial score (nSPS) is 17.2. The molecule has 1 amide bonds. The van der Waals surface area contributed by atoms with Gasteiger partial charge in [-0.2, -0.15) is 0 Å². The molecule has 0 N–H and O–H groups in total. The molecule has 3 rings (SSSR count). The number of hydrogen-bond donors (Lipinski definition) is 0. The summed E-state index contributed by atoms with van der Waals surface area (Å²) < 4.78 is 10.8. The maximum atomic E-state index is 12.9. The molecule has 0 bridgehead atoms. The smallest absolute Gasteiger partial charge is 0.338 e. The predicted octanol–water partition coefficient (Wildman–Crippen LogP) is 4.82. The maximum Gasteiger partial charge on any atom is 0.338 e. The first-order valence-corrected chi connectivity index (χ1v) is 10.2. The summed E-state index contributed by atoms with van der Waals surface area (Å²) in [5.41, 5.74) is 1.06. The number of amides is 1. The van der Waals surface area contributed by atoms with Crippen LogP contribution in [0.2, 0.25) is 0 Å². The van der Waals surface area contributed by atoms with Gasteiger partial charge in [0.15, 0.2) is 5.17 Å². The van der Waals surface area contributed by atoms with Crippen molar-refractivity contribution < 1.29 is 18.7 Å². The molecule has 7 heteroatoms. The molecule has 29 heavy (non-hydrogen) atoms. The first kappa shape index (κ1) is 20.9. The zero-order valence-electron chi connectivity index (χ0n) is 17.1. The minimum absolute atomic E-state index is 0.0116. The first-order chi connectivity index (χ1) is 13.8. The van der Waals surface area contributed by atoms with Gasteiger partial charge in [0.1, 0.15) is 11.5 Å². The molecule has 1 aromatic carbocycles. The maximum absolute atomic E-state index is 12.9. The summed E-state index contributed by atoms with van der Waals surface area (Å²) in [6.45, 7) is 7.89. The minimum atomic E-state index is -0.430. The van der Waals surface area contributed by atoms with E-state index in [0.29, 0.717) is 32.7 Å². The third kappa shape index (κ3) is 4.45. The van der Waals surface area contributed by atoms with Crippen LogP contribution < -0.4 is 0 Å². The third-order valence-corrected chi connectivity index (χ3v) is 5.22. The molecule has 1 saturated heterocycles. The average Bonchev–Trinajstić information content (AvgIpc) is 3.25. The minimum Gasteiger partial charge on any atom is -0.465 e. The largest absolute Gasteiger partial charge is 0.465 e. The molecule has 0 radical (unpaired) electrons. The van der Waals surface area contributed by atoms with E-state index in [1.54, 1.807) is 41.3 Å². The summed E-state index contributed by atoms with van der Waals surface area (Å²) in [6.07, 6.45) is 1.72. The summed E-state index contributed by atoms with van der Waals surface area (Å²) in [4.78, 5) is 31.7. The van der Waals surface area contributed by atoms with E-state index < -0.39 is 5.97 Å². The standard InChI is InChI=1S/C22H24N2O4S/c1-13(2)23-22-24(14(3)4)20(25)19(29-22)12-15-10-11-18(28-15)16-8-6-7-9-17(16)21(26)27-5/h6-14H,1-5H3/b19-12+,23-22?. The highest BCUT2D eigenvalue weighted by molar-refractivity contribution is 8.18. The van der Waals surface area contributed by atoms with Crippen molar-refractivity contribution in [3.8, 4) is 11.3 Å². The van der Waals surface area contributed by atoms with Crippen LogP contribution in [0.1, 0.15) is 43.8 Å². The van der Waals surface area contributed by atoms with Crippen molar-refractivity contribution in [1.82, 2.24) is 4.90 Å². The molecule has 0 saturated carbocycles. The van der Waals surface area contributed by atoms with Crippen molar-refractivity contribution in [2.45, 2.75) is 39.8 Å². The molecule has 1 fully saturated rings. The van der Waals surface area contributed by atoms with Crippen LogP contribution in [0.3, 0.4) is 0 Å².